The second kappa shape index (κ2) is 7.04. The summed E-state index contributed by atoms with van der Waals surface area (Å²) in [5.74, 6) is -0.200. The third-order valence-corrected chi connectivity index (χ3v) is 3.75. The lowest BCUT2D eigenvalue weighted by Gasteiger charge is -2.09. The van der Waals surface area contributed by atoms with Crippen LogP contribution in [0.2, 0.25) is 0 Å². The third-order valence-electron chi connectivity index (χ3n) is 2.81. The van der Waals surface area contributed by atoms with Gasteiger partial charge in [0, 0.05) is 45.5 Å². The molecule has 5 nitrogen and oxygen atoms in total. The molecule has 2 amide bonds. The maximum Gasteiger partial charge on any atom is 0.323 e. The highest BCUT2D eigenvalue weighted by molar-refractivity contribution is 7.84. The molecule has 2 aromatic carbocycles. The van der Waals surface area contributed by atoms with Gasteiger partial charge in [0.2, 0.25) is 0 Å². The van der Waals surface area contributed by atoms with Gasteiger partial charge in [-0.2, -0.15) is 0 Å². The molecule has 0 bridgehead atoms. The fraction of sp³-hybridized carbons (Fsp3) is 0.133. The fourth-order valence-corrected chi connectivity index (χ4v) is 2.30. The van der Waals surface area contributed by atoms with E-state index in [1.807, 2.05) is 0 Å². The highest BCUT2D eigenvalue weighted by Crippen LogP contribution is 2.20. The molecule has 22 heavy (non-hydrogen) atoms. The number of nitrogens with one attached hydrogen (secondary N) is 2. The van der Waals surface area contributed by atoms with Crippen LogP contribution in [-0.4, -0.2) is 23.6 Å². The number of rotatable bonds is 4. The van der Waals surface area contributed by atoms with Crippen LogP contribution in [-0.2, 0) is 10.8 Å². The van der Waals surface area contributed by atoms with Gasteiger partial charge in [-0.1, -0.05) is 0 Å². The van der Waals surface area contributed by atoms with E-state index in [-0.39, 0.29) is 5.69 Å². The zero-order valence-electron chi connectivity index (χ0n) is 12.1. The summed E-state index contributed by atoms with van der Waals surface area (Å²) in [7, 11) is 0.343. The van der Waals surface area contributed by atoms with Crippen molar-refractivity contribution in [3.63, 3.8) is 0 Å². The minimum absolute atomic E-state index is 0.278. The number of halogens is 1. The SMILES string of the molecule is COc1cc(F)cc(NC(=O)Nc2ccc([S@](C)=O)cc2)c1. The first-order valence-corrected chi connectivity index (χ1v) is 7.90. The largest absolute Gasteiger partial charge is 0.497 e. The Morgan fingerprint density at radius 2 is 1.73 bits per heavy atom. The second-order valence-electron chi connectivity index (χ2n) is 4.44. The molecule has 0 heterocycles. The summed E-state index contributed by atoms with van der Waals surface area (Å²) in [4.78, 5) is 12.5. The van der Waals surface area contributed by atoms with Crippen LogP contribution in [0.15, 0.2) is 47.4 Å². The van der Waals surface area contributed by atoms with Crippen LogP contribution in [0.3, 0.4) is 0 Å². The highest BCUT2D eigenvalue weighted by Gasteiger charge is 2.06. The second-order valence-corrected chi connectivity index (χ2v) is 5.82. The molecule has 0 spiro atoms. The Hall–Kier alpha value is -2.41. The van der Waals surface area contributed by atoms with E-state index in [9.17, 15) is 13.4 Å². The standard InChI is InChI=1S/C15H15FN2O3S/c1-21-13-8-10(16)7-12(9-13)18-15(19)17-11-3-5-14(6-4-11)22(2)20/h3-9H,1-2H3,(H2,17,18,19)/t22-/m0/s1. The average molecular weight is 322 g/mol. The van der Waals surface area contributed by atoms with Gasteiger partial charge in [-0.3, -0.25) is 4.21 Å². The van der Waals surface area contributed by atoms with Crippen molar-refractivity contribution in [3.05, 3.63) is 48.3 Å². The summed E-state index contributed by atoms with van der Waals surface area (Å²) in [5, 5.41) is 5.11. The predicted octanol–water partition coefficient (Wildman–Crippen LogP) is 3.22. The molecule has 0 aliphatic heterocycles. The Kier molecular flexibility index (Phi) is 5.11. The van der Waals surface area contributed by atoms with E-state index >= 15 is 0 Å². The lowest BCUT2D eigenvalue weighted by Crippen LogP contribution is -2.19. The van der Waals surface area contributed by atoms with Gasteiger partial charge >= 0.3 is 6.03 Å². The Morgan fingerprint density at radius 3 is 2.32 bits per heavy atom. The number of hydrogen-bond acceptors (Lipinski definition) is 3. The van der Waals surface area contributed by atoms with E-state index in [2.05, 4.69) is 10.6 Å². The number of urea groups is 1. The molecule has 0 unspecified atom stereocenters. The lowest BCUT2D eigenvalue weighted by molar-refractivity contribution is 0.262. The number of amides is 2. The fourth-order valence-electron chi connectivity index (χ4n) is 1.78. The summed E-state index contributed by atoms with van der Waals surface area (Å²) in [6.07, 6.45) is 1.58. The minimum atomic E-state index is -1.07. The van der Waals surface area contributed by atoms with E-state index in [4.69, 9.17) is 4.74 Å². The Labute approximate surface area is 129 Å². The van der Waals surface area contributed by atoms with Gasteiger partial charge in [0.05, 0.1) is 7.11 Å². The average Bonchev–Trinajstić information content (AvgIpc) is 2.46. The van der Waals surface area contributed by atoms with Gasteiger partial charge < -0.3 is 15.4 Å². The van der Waals surface area contributed by atoms with Crippen molar-refractivity contribution < 1.29 is 18.1 Å². The van der Waals surface area contributed by atoms with Crippen LogP contribution < -0.4 is 15.4 Å². The molecule has 0 radical (unpaired) electrons. The van der Waals surface area contributed by atoms with Crippen molar-refractivity contribution in [2.24, 2.45) is 0 Å². The maximum atomic E-state index is 13.3. The summed E-state index contributed by atoms with van der Waals surface area (Å²) >= 11 is 0. The molecule has 0 aliphatic carbocycles. The molecule has 0 aliphatic rings. The van der Waals surface area contributed by atoms with Crippen molar-refractivity contribution in [1.29, 1.82) is 0 Å². The molecule has 0 fully saturated rings. The van der Waals surface area contributed by atoms with Gasteiger partial charge in [-0.05, 0) is 30.3 Å². The summed E-state index contributed by atoms with van der Waals surface area (Å²) in [6.45, 7) is 0. The van der Waals surface area contributed by atoms with Crippen molar-refractivity contribution in [2.45, 2.75) is 4.90 Å². The predicted molar refractivity (Wildman–Crippen MR) is 84.4 cm³/mol. The monoisotopic (exact) mass is 322 g/mol. The summed E-state index contributed by atoms with van der Waals surface area (Å²) in [5.41, 5.74) is 0.815. The Morgan fingerprint density at radius 1 is 1.09 bits per heavy atom. The summed E-state index contributed by atoms with van der Waals surface area (Å²) in [6, 6.07) is 10.0. The van der Waals surface area contributed by atoms with E-state index in [1.165, 1.54) is 25.3 Å². The van der Waals surface area contributed by atoms with Crippen LogP contribution in [0.5, 0.6) is 5.75 Å². The Bertz CT molecular complexity index is 704. The number of carbonyl (C=O) groups is 1. The van der Waals surface area contributed by atoms with Crippen molar-refractivity contribution in [2.75, 3.05) is 24.0 Å². The molecule has 1 atom stereocenters. The zero-order valence-corrected chi connectivity index (χ0v) is 12.9. The molecule has 116 valence electrons. The quantitative estimate of drug-likeness (QED) is 0.908. The molecule has 2 rings (SSSR count). The molecule has 2 N–H and O–H groups in total. The molecule has 7 heteroatoms. The smallest absolute Gasteiger partial charge is 0.323 e. The summed E-state index contributed by atoms with van der Waals surface area (Å²) < 4.78 is 29.5. The minimum Gasteiger partial charge on any atom is -0.497 e. The molecule has 0 saturated carbocycles. The van der Waals surface area contributed by atoms with Crippen LogP contribution >= 0.6 is 0 Å². The number of methoxy groups -OCH3 is 1. The third kappa shape index (κ3) is 4.29. The number of ether oxygens (including phenoxy) is 1. The normalized spacial score (nSPS) is 11.6. The van der Waals surface area contributed by atoms with Crippen LogP contribution in [0.25, 0.3) is 0 Å². The zero-order chi connectivity index (χ0) is 16.1. The number of benzene rings is 2. The molecule has 0 aromatic heterocycles. The van der Waals surface area contributed by atoms with Crippen molar-refractivity contribution >= 4 is 28.2 Å². The highest BCUT2D eigenvalue weighted by atomic mass is 32.2. The van der Waals surface area contributed by atoms with Crippen molar-refractivity contribution in [1.82, 2.24) is 0 Å². The van der Waals surface area contributed by atoms with Gasteiger partial charge in [0.1, 0.15) is 11.6 Å². The van der Waals surface area contributed by atoms with E-state index < -0.39 is 22.6 Å². The van der Waals surface area contributed by atoms with Crippen LogP contribution in [0.1, 0.15) is 0 Å². The first kappa shape index (κ1) is 16.0. The maximum absolute atomic E-state index is 13.3. The van der Waals surface area contributed by atoms with Crippen LogP contribution in [0.4, 0.5) is 20.6 Å². The van der Waals surface area contributed by atoms with E-state index in [0.29, 0.717) is 16.3 Å². The molecular formula is C15H15FN2O3S. The van der Waals surface area contributed by atoms with Crippen molar-refractivity contribution in [3.8, 4) is 5.75 Å². The first-order chi connectivity index (χ1) is 10.5. The van der Waals surface area contributed by atoms with E-state index in [1.54, 1.807) is 30.5 Å². The van der Waals surface area contributed by atoms with Gasteiger partial charge in [0.25, 0.3) is 0 Å². The Balaban J connectivity index is 2.03. The molecular weight excluding hydrogens is 307 g/mol. The molecule has 2 aromatic rings. The number of anilines is 2. The number of hydrogen-bond donors (Lipinski definition) is 2. The van der Waals surface area contributed by atoms with Gasteiger partial charge in [-0.15, -0.1) is 0 Å². The lowest BCUT2D eigenvalue weighted by atomic mass is 10.3. The first-order valence-electron chi connectivity index (χ1n) is 6.34. The van der Waals surface area contributed by atoms with Gasteiger partial charge in [-0.25, -0.2) is 9.18 Å². The van der Waals surface area contributed by atoms with Crippen LogP contribution in [0, 0.1) is 5.82 Å². The number of carbonyl (C=O) groups excluding carboxylic acids is 1. The molecule has 0 saturated heterocycles. The van der Waals surface area contributed by atoms with Gasteiger partial charge in [0.15, 0.2) is 0 Å². The van der Waals surface area contributed by atoms with E-state index in [0.717, 1.165) is 0 Å². The topological polar surface area (TPSA) is 67.4 Å².